The Morgan fingerprint density at radius 1 is 1.42 bits per heavy atom. The highest BCUT2D eigenvalue weighted by Crippen LogP contribution is 2.37. The summed E-state index contributed by atoms with van der Waals surface area (Å²) in [6, 6.07) is 8.19. The van der Waals surface area contributed by atoms with Crippen molar-refractivity contribution < 1.29 is 9.90 Å². The second kappa shape index (κ2) is 5.55. The molecular formula is C13H11ClN2O2S. The van der Waals surface area contributed by atoms with Crippen LogP contribution >= 0.6 is 24.4 Å². The number of rotatable bonds is 3. The fourth-order valence-electron chi connectivity index (χ4n) is 1.58. The quantitative estimate of drug-likeness (QED) is 0.389. The summed E-state index contributed by atoms with van der Waals surface area (Å²) in [7, 11) is 0. The van der Waals surface area contributed by atoms with Crippen LogP contribution in [0.25, 0.3) is 0 Å². The molecule has 1 fully saturated rings. The molecule has 1 amide bonds. The number of carbonyl (C=O) groups is 1. The SMILES string of the molecule is N#CC(C(=O)N(S)c1ccc(Cl)cc1)=C(O)C1CC1. The number of nitrogens with zero attached hydrogens (tertiary/aromatic N) is 2. The van der Waals surface area contributed by atoms with E-state index in [9.17, 15) is 9.90 Å². The van der Waals surface area contributed by atoms with Crippen molar-refractivity contribution in [2.24, 2.45) is 5.92 Å². The molecule has 0 unspecified atom stereocenters. The molecule has 4 nitrogen and oxygen atoms in total. The van der Waals surface area contributed by atoms with Crippen molar-refractivity contribution in [2.45, 2.75) is 12.8 Å². The number of aliphatic hydroxyl groups is 1. The lowest BCUT2D eigenvalue weighted by molar-refractivity contribution is -0.113. The minimum absolute atomic E-state index is 0.0643. The number of hydrogen-bond donors (Lipinski definition) is 2. The molecule has 0 atom stereocenters. The van der Waals surface area contributed by atoms with E-state index >= 15 is 0 Å². The fraction of sp³-hybridized carbons (Fsp3) is 0.231. The predicted octanol–water partition coefficient (Wildman–Crippen LogP) is 3.26. The van der Waals surface area contributed by atoms with Crippen LogP contribution in [0, 0.1) is 17.2 Å². The maximum absolute atomic E-state index is 12.1. The number of nitriles is 1. The van der Waals surface area contributed by atoms with Crippen LogP contribution in [0.1, 0.15) is 12.8 Å². The molecule has 2 rings (SSSR count). The Morgan fingerprint density at radius 2 is 2.00 bits per heavy atom. The number of carbonyl (C=O) groups excluding carboxylic acids is 1. The van der Waals surface area contributed by atoms with Crippen LogP contribution < -0.4 is 4.31 Å². The molecule has 1 N–H and O–H groups in total. The number of aliphatic hydroxyl groups excluding tert-OH is 1. The second-order valence-electron chi connectivity index (χ2n) is 4.24. The number of hydrogen-bond acceptors (Lipinski definition) is 4. The largest absolute Gasteiger partial charge is 0.510 e. The first-order chi connectivity index (χ1) is 9.04. The van der Waals surface area contributed by atoms with E-state index in [1.807, 2.05) is 0 Å². The number of anilines is 1. The highest BCUT2D eigenvalue weighted by Gasteiger charge is 2.32. The summed E-state index contributed by atoms with van der Waals surface area (Å²) in [6.45, 7) is 0. The standard InChI is InChI=1S/C13H11ClN2O2S/c14-9-3-5-10(6-4-9)16(19)13(18)11(7-15)12(17)8-1-2-8/h3-6,8,17,19H,1-2H2. The van der Waals surface area contributed by atoms with Crippen LogP contribution in [0.15, 0.2) is 35.6 Å². The third kappa shape index (κ3) is 3.03. The zero-order valence-electron chi connectivity index (χ0n) is 9.88. The number of amides is 1. The molecule has 1 aliphatic rings. The van der Waals surface area contributed by atoms with Gasteiger partial charge in [0.25, 0.3) is 5.91 Å². The van der Waals surface area contributed by atoms with Gasteiger partial charge in [-0.2, -0.15) is 5.26 Å². The molecule has 6 heteroatoms. The van der Waals surface area contributed by atoms with Gasteiger partial charge in [-0.05, 0) is 37.1 Å². The Bertz CT molecular complexity index is 573. The van der Waals surface area contributed by atoms with Crippen LogP contribution in [0.4, 0.5) is 5.69 Å². The van der Waals surface area contributed by atoms with E-state index in [0.29, 0.717) is 10.7 Å². The summed E-state index contributed by atoms with van der Waals surface area (Å²) in [5.74, 6) is -0.844. The molecule has 0 spiro atoms. The van der Waals surface area contributed by atoms with Crippen molar-refractivity contribution in [1.29, 1.82) is 5.26 Å². The van der Waals surface area contributed by atoms with Crippen LogP contribution in [0.2, 0.25) is 5.02 Å². The second-order valence-corrected chi connectivity index (χ2v) is 5.08. The Kier molecular flexibility index (Phi) is 4.03. The van der Waals surface area contributed by atoms with E-state index in [4.69, 9.17) is 16.9 Å². The van der Waals surface area contributed by atoms with E-state index in [1.165, 1.54) is 0 Å². The molecule has 0 bridgehead atoms. The van der Waals surface area contributed by atoms with Crippen LogP contribution in [0.3, 0.4) is 0 Å². The average Bonchev–Trinajstić information content (AvgIpc) is 3.23. The zero-order valence-corrected chi connectivity index (χ0v) is 11.5. The molecule has 1 aliphatic carbocycles. The van der Waals surface area contributed by atoms with Gasteiger partial charge in [0.1, 0.15) is 11.8 Å². The van der Waals surface area contributed by atoms with Crippen LogP contribution in [-0.4, -0.2) is 11.0 Å². The lowest BCUT2D eigenvalue weighted by Gasteiger charge is -2.15. The summed E-state index contributed by atoms with van der Waals surface area (Å²) in [6.07, 6.45) is 1.61. The molecule has 19 heavy (non-hydrogen) atoms. The summed E-state index contributed by atoms with van der Waals surface area (Å²) >= 11 is 9.83. The molecule has 0 saturated heterocycles. The van der Waals surface area contributed by atoms with Crippen molar-refractivity contribution in [2.75, 3.05) is 4.31 Å². The third-order valence-corrected chi connectivity index (χ3v) is 3.47. The molecule has 0 radical (unpaired) electrons. The van der Waals surface area contributed by atoms with Gasteiger partial charge in [0.15, 0.2) is 5.57 Å². The minimum Gasteiger partial charge on any atom is -0.510 e. The molecule has 1 aromatic carbocycles. The minimum atomic E-state index is -0.641. The first-order valence-electron chi connectivity index (χ1n) is 5.66. The van der Waals surface area contributed by atoms with Gasteiger partial charge in [0.05, 0.1) is 5.69 Å². The number of allylic oxidation sites excluding steroid dienone is 1. The molecule has 1 aromatic rings. The lowest BCUT2D eigenvalue weighted by atomic mass is 10.1. The third-order valence-electron chi connectivity index (χ3n) is 2.81. The van der Waals surface area contributed by atoms with Crippen LogP contribution in [0.5, 0.6) is 0 Å². The van der Waals surface area contributed by atoms with Gasteiger partial charge < -0.3 is 5.11 Å². The summed E-state index contributed by atoms with van der Waals surface area (Å²) < 4.78 is 1.02. The highest BCUT2D eigenvalue weighted by molar-refractivity contribution is 7.82. The maximum atomic E-state index is 12.1. The van der Waals surface area contributed by atoms with E-state index in [-0.39, 0.29) is 17.3 Å². The first kappa shape index (κ1) is 13.8. The van der Waals surface area contributed by atoms with E-state index < -0.39 is 5.91 Å². The van der Waals surface area contributed by atoms with Gasteiger partial charge >= 0.3 is 0 Å². The maximum Gasteiger partial charge on any atom is 0.282 e. The van der Waals surface area contributed by atoms with Crippen LogP contribution in [-0.2, 0) is 4.79 Å². The van der Waals surface area contributed by atoms with Crippen molar-refractivity contribution in [1.82, 2.24) is 0 Å². The molecule has 0 aliphatic heterocycles. The number of benzene rings is 1. The average molecular weight is 295 g/mol. The van der Waals surface area contributed by atoms with Gasteiger partial charge in [-0.25, -0.2) is 0 Å². The van der Waals surface area contributed by atoms with Crippen molar-refractivity contribution >= 4 is 36.0 Å². The first-order valence-corrected chi connectivity index (χ1v) is 6.44. The van der Waals surface area contributed by atoms with E-state index in [0.717, 1.165) is 17.1 Å². The molecular weight excluding hydrogens is 284 g/mol. The van der Waals surface area contributed by atoms with Gasteiger partial charge in [-0.3, -0.25) is 9.10 Å². The zero-order chi connectivity index (χ0) is 14.0. The number of halogens is 1. The summed E-state index contributed by atoms with van der Waals surface area (Å²) in [4.78, 5) is 12.1. The Balaban J connectivity index is 2.25. The summed E-state index contributed by atoms with van der Waals surface area (Å²) in [5, 5.41) is 19.4. The Hall–Kier alpha value is -1.64. The fourth-order valence-corrected chi connectivity index (χ4v) is 1.94. The van der Waals surface area contributed by atoms with Gasteiger partial charge in [0.2, 0.25) is 0 Å². The van der Waals surface area contributed by atoms with Crippen molar-refractivity contribution in [3.05, 3.63) is 40.6 Å². The van der Waals surface area contributed by atoms with Gasteiger partial charge in [0, 0.05) is 10.9 Å². The monoisotopic (exact) mass is 294 g/mol. The normalized spacial score (nSPS) is 15.4. The molecule has 1 saturated carbocycles. The van der Waals surface area contributed by atoms with Crippen molar-refractivity contribution in [3.8, 4) is 6.07 Å². The summed E-state index contributed by atoms with van der Waals surface area (Å²) in [5.41, 5.74) is 0.224. The topological polar surface area (TPSA) is 64.3 Å². The predicted molar refractivity (Wildman–Crippen MR) is 75.9 cm³/mol. The molecule has 0 aromatic heterocycles. The number of thiol groups is 1. The Labute approximate surface area is 121 Å². The lowest BCUT2D eigenvalue weighted by Crippen LogP contribution is -2.23. The molecule has 98 valence electrons. The smallest absolute Gasteiger partial charge is 0.282 e. The molecule has 0 heterocycles. The van der Waals surface area contributed by atoms with Gasteiger partial charge in [-0.1, -0.05) is 24.4 Å². The van der Waals surface area contributed by atoms with Crippen molar-refractivity contribution in [3.63, 3.8) is 0 Å². The Morgan fingerprint density at radius 3 is 2.47 bits per heavy atom. The van der Waals surface area contributed by atoms with E-state index in [1.54, 1.807) is 30.3 Å². The van der Waals surface area contributed by atoms with E-state index in [2.05, 4.69) is 12.8 Å². The highest BCUT2D eigenvalue weighted by atomic mass is 35.5. The van der Waals surface area contributed by atoms with Gasteiger partial charge in [-0.15, -0.1) is 0 Å².